The zero-order valence-corrected chi connectivity index (χ0v) is 13.9. The van der Waals surface area contributed by atoms with Crippen LogP contribution in [0.4, 0.5) is 4.39 Å². The number of benzene rings is 1. The number of ether oxygens (including phenoxy) is 1. The number of hydrogen-bond donors (Lipinski definition) is 1. The molecule has 0 radical (unpaired) electrons. The molecule has 22 heavy (non-hydrogen) atoms. The molecule has 0 aromatic heterocycles. The van der Waals surface area contributed by atoms with Crippen molar-refractivity contribution in [3.63, 3.8) is 0 Å². The molecule has 1 aliphatic rings. The average molecular weight is 373 g/mol. The highest BCUT2D eigenvalue weighted by Gasteiger charge is 2.26. The maximum atomic E-state index is 13.6. The van der Waals surface area contributed by atoms with Crippen molar-refractivity contribution in [1.82, 2.24) is 10.2 Å². The maximum absolute atomic E-state index is 13.6. The van der Waals surface area contributed by atoms with Crippen LogP contribution in [0.1, 0.15) is 12.8 Å². The summed E-state index contributed by atoms with van der Waals surface area (Å²) in [6.07, 6.45) is 1.27. The molecule has 120 valence electrons. The molecule has 1 N–H and O–H groups in total. The normalized spacial score (nSPS) is 15.5. The Labute approximate surface area is 136 Å². The van der Waals surface area contributed by atoms with Crippen molar-refractivity contribution >= 4 is 27.7 Å². The van der Waals surface area contributed by atoms with Gasteiger partial charge in [-0.25, -0.2) is 4.39 Å². The van der Waals surface area contributed by atoms with Crippen molar-refractivity contribution in [2.24, 2.45) is 5.92 Å². The summed E-state index contributed by atoms with van der Waals surface area (Å²) in [6, 6.07) is 4.41. The SMILES string of the molecule is CNC(=O)C1CCN(C(=O)COc2ccc(Br)cc2F)CC1. The Hall–Kier alpha value is -1.63. The van der Waals surface area contributed by atoms with E-state index in [1.165, 1.54) is 12.1 Å². The second-order valence-corrected chi connectivity index (χ2v) is 6.05. The zero-order chi connectivity index (χ0) is 16.1. The third-order valence-corrected chi connectivity index (χ3v) is 4.20. The van der Waals surface area contributed by atoms with Crippen molar-refractivity contribution < 1.29 is 18.7 Å². The summed E-state index contributed by atoms with van der Waals surface area (Å²) in [7, 11) is 1.61. The average Bonchev–Trinajstić information content (AvgIpc) is 2.53. The molecule has 1 saturated heterocycles. The number of likely N-dealkylation sites (tertiary alicyclic amines) is 1. The van der Waals surface area contributed by atoms with Gasteiger partial charge in [0.2, 0.25) is 5.91 Å². The Balaban J connectivity index is 1.82. The number of nitrogens with zero attached hydrogens (tertiary/aromatic N) is 1. The third kappa shape index (κ3) is 4.19. The number of rotatable bonds is 4. The first kappa shape index (κ1) is 16.7. The van der Waals surface area contributed by atoms with Gasteiger partial charge in [-0.1, -0.05) is 15.9 Å². The summed E-state index contributed by atoms with van der Waals surface area (Å²) >= 11 is 3.16. The van der Waals surface area contributed by atoms with Gasteiger partial charge in [-0.15, -0.1) is 0 Å². The van der Waals surface area contributed by atoms with E-state index in [2.05, 4.69) is 21.2 Å². The van der Waals surface area contributed by atoms with Gasteiger partial charge in [0.25, 0.3) is 5.91 Å². The molecule has 5 nitrogen and oxygen atoms in total. The van der Waals surface area contributed by atoms with Crippen LogP contribution in [0, 0.1) is 11.7 Å². The van der Waals surface area contributed by atoms with E-state index in [-0.39, 0.29) is 30.1 Å². The Bertz CT molecular complexity index is 560. The van der Waals surface area contributed by atoms with Crippen LogP contribution in [0.3, 0.4) is 0 Å². The quantitative estimate of drug-likeness (QED) is 0.878. The fraction of sp³-hybridized carbons (Fsp3) is 0.467. The lowest BCUT2D eigenvalue weighted by atomic mass is 9.96. The van der Waals surface area contributed by atoms with Crippen LogP contribution < -0.4 is 10.1 Å². The van der Waals surface area contributed by atoms with E-state index in [0.717, 1.165) is 0 Å². The minimum atomic E-state index is -0.513. The molecule has 2 rings (SSSR count). The second-order valence-electron chi connectivity index (χ2n) is 5.13. The lowest BCUT2D eigenvalue weighted by Crippen LogP contribution is -2.44. The maximum Gasteiger partial charge on any atom is 0.260 e. The number of piperidine rings is 1. The Morgan fingerprint density at radius 2 is 2.09 bits per heavy atom. The topological polar surface area (TPSA) is 58.6 Å². The van der Waals surface area contributed by atoms with Gasteiger partial charge in [-0.2, -0.15) is 0 Å². The standard InChI is InChI=1S/C15H18BrFN2O3/c1-18-15(21)10-4-6-19(7-5-10)14(20)9-22-13-3-2-11(16)8-12(13)17/h2-3,8,10H,4-7,9H2,1H3,(H,18,21). The molecule has 1 aromatic carbocycles. The van der Waals surface area contributed by atoms with Gasteiger partial charge in [-0.05, 0) is 31.0 Å². The van der Waals surface area contributed by atoms with E-state index < -0.39 is 5.82 Å². The molecule has 0 spiro atoms. The number of nitrogens with one attached hydrogen (secondary N) is 1. The Kier molecular flexibility index (Phi) is 5.76. The minimum Gasteiger partial charge on any atom is -0.481 e. The first-order valence-electron chi connectivity index (χ1n) is 7.08. The van der Waals surface area contributed by atoms with Gasteiger partial charge < -0.3 is 15.0 Å². The summed E-state index contributed by atoms with van der Waals surface area (Å²) in [5, 5.41) is 2.62. The van der Waals surface area contributed by atoms with Crippen LogP contribution in [0.25, 0.3) is 0 Å². The second kappa shape index (κ2) is 7.58. The number of halogens is 2. The van der Waals surface area contributed by atoms with Crippen LogP contribution in [0.2, 0.25) is 0 Å². The molecule has 1 heterocycles. The molecular weight excluding hydrogens is 355 g/mol. The van der Waals surface area contributed by atoms with Crippen molar-refractivity contribution in [2.75, 3.05) is 26.7 Å². The van der Waals surface area contributed by atoms with Gasteiger partial charge in [0.1, 0.15) is 0 Å². The van der Waals surface area contributed by atoms with E-state index >= 15 is 0 Å². The smallest absolute Gasteiger partial charge is 0.260 e. The number of carbonyl (C=O) groups excluding carboxylic acids is 2. The van der Waals surface area contributed by atoms with E-state index in [4.69, 9.17) is 4.74 Å². The molecule has 1 aromatic rings. The largest absolute Gasteiger partial charge is 0.481 e. The third-order valence-electron chi connectivity index (χ3n) is 3.71. The summed E-state index contributed by atoms with van der Waals surface area (Å²) in [4.78, 5) is 25.2. The van der Waals surface area contributed by atoms with E-state index in [0.29, 0.717) is 30.4 Å². The molecule has 0 unspecified atom stereocenters. The van der Waals surface area contributed by atoms with Gasteiger partial charge in [0.15, 0.2) is 18.2 Å². The molecular formula is C15H18BrFN2O3. The van der Waals surface area contributed by atoms with Crippen LogP contribution in [-0.4, -0.2) is 43.5 Å². The van der Waals surface area contributed by atoms with Crippen LogP contribution in [0.15, 0.2) is 22.7 Å². The van der Waals surface area contributed by atoms with Crippen LogP contribution >= 0.6 is 15.9 Å². The zero-order valence-electron chi connectivity index (χ0n) is 12.3. The Morgan fingerprint density at radius 1 is 1.41 bits per heavy atom. The minimum absolute atomic E-state index is 0.0142. The van der Waals surface area contributed by atoms with E-state index in [1.54, 1.807) is 18.0 Å². The van der Waals surface area contributed by atoms with Gasteiger partial charge in [-0.3, -0.25) is 9.59 Å². The van der Waals surface area contributed by atoms with E-state index in [9.17, 15) is 14.0 Å². The number of hydrogen-bond acceptors (Lipinski definition) is 3. The first-order chi connectivity index (χ1) is 10.5. The van der Waals surface area contributed by atoms with Crippen LogP contribution in [-0.2, 0) is 9.59 Å². The molecule has 0 aliphatic carbocycles. The first-order valence-corrected chi connectivity index (χ1v) is 7.87. The molecule has 0 atom stereocenters. The van der Waals surface area contributed by atoms with Gasteiger partial charge in [0, 0.05) is 30.5 Å². The summed E-state index contributed by atoms with van der Waals surface area (Å²) < 4.78 is 19.4. The molecule has 0 bridgehead atoms. The van der Waals surface area contributed by atoms with Gasteiger partial charge in [0.05, 0.1) is 0 Å². The molecule has 2 amide bonds. The predicted octanol–water partition coefficient (Wildman–Crippen LogP) is 1.95. The summed E-state index contributed by atoms with van der Waals surface area (Å²) in [5.41, 5.74) is 0. The van der Waals surface area contributed by atoms with Gasteiger partial charge >= 0.3 is 0 Å². The summed E-state index contributed by atoms with van der Waals surface area (Å²) in [5.74, 6) is -0.686. The fourth-order valence-corrected chi connectivity index (χ4v) is 2.75. The van der Waals surface area contributed by atoms with Crippen molar-refractivity contribution in [2.45, 2.75) is 12.8 Å². The molecule has 1 fully saturated rings. The monoisotopic (exact) mass is 372 g/mol. The summed E-state index contributed by atoms with van der Waals surface area (Å²) in [6.45, 7) is 0.829. The van der Waals surface area contributed by atoms with E-state index in [1.807, 2.05) is 0 Å². The fourth-order valence-electron chi connectivity index (χ4n) is 2.42. The lowest BCUT2D eigenvalue weighted by Gasteiger charge is -2.31. The molecule has 1 aliphatic heterocycles. The van der Waals surface area contributed by atoms with Crippen molar-refractivity contribution in [1.29, 1.82) is 0 Å². The Morgan fingerprint density at radius 3 is 2.68 bits per heavy atom. The predicted molar refractivity (Wildman–Crippen MR) is 83.0 cm³/mol. The van der Waals surface area contributed by atoms with Crippen LogP contribution in [0.5, 0.6) is 5.75 Å². The highest BCUT2D eigenvalue weighted by Crippen LogP contribution is 2.22. The van der Waals surface area contributed by atoms with Crippen molar-refractivity contribution in [3.05, 3.63) is 28.5 Å². The highest BCUT2D eigenvalue weighted by molar-refractivity contribution is 9.10. The molecule has 7 heteroatoms. The molecule has 0 saturated carbocycles. The number of amides is 2. The lowest BCUT2D eigenvalue weighted by molar-refractivity contribution is -0.137. The highest BCUT2D eigenvalue weighted by atomic mass is 79.9. The number of carbonyl (C=O) groups is 2. The van der Waals surface area contributed by atoms with Crippen molar-refractivity contribution in [3.8, 4) is 5.75 Å².